The smallest absolute Gasteiger partial charge is 0.268 e. The molecule has 0 aromatic heterocycles. The quantitative estimate of drug-likeness (QED) is 0.827. The minimum Gasteiger partial charge on any atom is -0.481 e. The number of hydrogen-bond acceptors (Lipinski definition) is 2. The Hall–Kier alpha value is -2.00. The maximum absolute atomic E-state index is 12.9. The molecule has 0 bridgehead atoms. The first-order chi connectivity index (χ1) is 11.2. The molecule has 1 heterocycles. The second-order valence-electron chi connectivity index (χ2n) is 5.69. The van der Waals surface area contributed by atoms with Crippen LogP contribution < -0.4 is 9.64 Å². The van der Waals surface area contributed by atoms with E-state index in [0.717, 1.165) is 25.1 Å². The van der Waals surface area contributed by atoms with Gasteiger partial charge in [0, 0.05) is 17.3 Å². The van der Waals surface area contributed by atoms with Crippen LogP contribution in [0, 0.1) is 0 Å². The third-order valence-electron chi connectivity index (χ3n) is 4.11. The van der Waals surface area contributed by atoms with Gasteiger partial charge in [-0.25, -0.2) is 0 Å². The lowest BCUT2D eigenvalue weighted by molar-refractivity contribution is -0.125. The molecule has 1 unspecified atom stereocenters. The molecule has 1 amide bonds. The van der Waals surface area contributed by atoms with E-state index in [1.54, 1.807) is 24.3 Å². The third kappa shape index (κ3) is 3.50. The molecule has 0 spiro atoms. The standard InChI is InChI=1S/C19H20ClNO2/c1-2-18(23-16-11-9-15(20)10-12-16)19(22)21-13-5-7-14-6-3-4-8-17(14)21/h3-4,6,8-12,18H,2,5,7,13H2,1H3. The van der Waals surface area contributed by atoms with Crippen molar-refractivity contribution in [3.63, 3.8) is 0 Å². The first-order valence-corrected chi connectivity index (χ1v) is 8.38. The van der Waals surface area contributed by atoms with Crippen LogP contribution in [-0.2, 0) is 11.2 Å². The number of benzene rings is 2. The largest absolute Gasteiger partial charge is 0.481 e. The monoisotopic (exact) mass is 329 g/mol. The van der Waals surface area contributed by atoms with Crippen LogP contribution in [0.4, 0.5) is 5.69 Å². The Bertz CT molecular complexity index is 684. The Morgan fingerprint density at radius 3 is 2.70 bits per heavy atom. The van der Waals surface area contributed by atoms with E-state index in [1.165, 1.54) is 5.56 Å². The molecule has 2 aromatic carbocycles. The summed E-state index contributed by atoms with van der Waals surface area (Å²) in [5.41, 5.74) is 2.25. The molecule has 3 nitrogen and oxygen atoms in total. The van der Waals surface area contributed by atoms with Gasteiger partial charge < -0.3 is 9.64 Å². The van der Waals surface area contributed by atoms with Crippen LogP contribution in [0.3, 0.4) is 0 Å². The van der Waals surface area contributed by atoms with E-state index in [2.05, 4.69) is 6.07 Å². The number of fused-ring (bicyclic) bond motifs is 1. The van der Waals surface area contributed by atoms with E-state index in [0.29, 0.717) is 17.2 Å². The molecular formula is C19H20ClNO2. The highest BCUT2D eigenvalue weighted by Gasteiger charge is 2.28. The van der Waals surface area contributed by atoms with Crippen molar-refractivity contribution in [1.82, 2.24) is 0 Å². The minimum atomic E-state index is -0.484. The second kappa shape index (κ2) is 7.05. The minimum absolute atomic E-state index is 0.0228. The molecule has 120 valence electrons. The lowest BCUT2D eigenvalue weighted by atomic mass is 10.0. The highest BCUT2D eigenvalue weighted by Crippen LogP contribution is 2.28. The van der Waals surface area contributed by atoms with Crippen LogP contribution in [0.2, 0.25) is 5.02 Å². The number of aryl methyl sites for hydroxylation is 1. The van der Waals surface area contributed by atoms with Gasteiger partial charge in [-0.3, -0.25) is 4.79 Å². The third-order valence-corrected chi connectivity index (χ3v) is 4.37. The van der Waals surface area contributed by atoms with E-state index in [4.69, 9.17) is 16.3 Å². The normalized spacial score (nSPS) is 15.0. The summed E-state index contributed by atoms with van der Waals surface area (Å²) < 4.78 is 5.90. The average Bonchev–Trinajstić information content (AvgIpc) is 2.60. The highest BCUT2D eigenvalue weighted by atomic mass is 35.5. The number of amides is 1. The zero-order valence-corrected chi connectivity index (χ0v) is 13.9. The van der Waals surface area contributed by atoms with E-state index in [-0.39, 0.29) is 5.91 Å². The summed E-state index contributed by atoms with van der Waals surface area (Å²) in [6.07, 6.45) is 2.15. The van der Waals surface area contributed by atoms with Gasteiger partial charge in [-0.2, -0.15) is 0 Å². The Balaban J connectivity index is 1.79. The van der Waals surface area contributed by atoms with Crippen LogP contribution in [0.25, 0.3) is 0 Å². The SMILES string of the molecule is CCC(Oc1ccc(Cl)cc1)C(=O)N1CCCc2ccccc21. The molecule has 2 aromatic rings. The van der Waals surface area contributed by atoms with Crippen molar-refractivity contribution in [2.45, 2.75) is 32.3 Å². The molecule has 0 N–H and O–H groups in total. The van der Waals surface area contributed by atoms with E-state index < -0.39 is 6.10 Å². The second-order valence-corrected chi connectivity index (χ2v) is 6.13. The zero-order chi connectivity index (χ0) is 16.2. The van der Waals surface area contributed by atoms with Crippen LogP contribution in [0.1, 0.15) is 25.3 Å². The van der Waals surface area contributed by atoms with Crippen molar-refractivity contribution >= 4 is 23.2 Å². The van der Waals surface area contributed by atoms with Gasteiger partial charge in [0.05, 0.1) is 0 Å². The lowest BCUT2D eigenvalue weighted by Gasteiger charge is -2.32. The fourth-order valence-electron chi connectivity index (χ4n) is 2.92. The molecule has 3 rings (SSSR count). The highest BCUT2D eigenvalue weighted by molar-refractivity contribution is 6.30. The van der Waals surface area contributed by atoms with Crippen LogP contribution >= 0.6 is 11.6 Å². The van der Waals surface area contributed by atoms with Gasteiger partial charge in [0.1, 0.15) is 5.75 Å². The number of ether oxygens (including phenoxy) is 1. The molecule has 0 saturated heterocycles. The van der Waals surface area contributed by atoms with Gasteiger partial charge in [0.25, 0.3) is 5.91 Å². The number of carbonyl (C=O) groups is 1. The number of rotatable bonds is 4. The molecule has 1 atom stereocenters. The molecular weight excluding hydrogens is 310 g/mol. The Morgan fingerprint density at radius 1 is 1.22 bits per heavy atom. The van der Waals surface area contributed by atoms with Gasteiger partial charge in [-0.15, -0.1) is 0 Å². The Morgan fingerprint density at radius 2 is 1.96 bits per heavy atom. The number of hydrogen-bond donors (Lipinski definition) is 0. The first kappa shape index (κ1) is 15.9. The fraction of sp³-hybridized carbons (Fsp3) is 0.316. The molecule has 4 heteroatoms. The van der Waals surface area contributed by atoms with Crippen molar-refractivity contribution in [2.24, 2.45) is 0 Å². The number of anilines is 1. The number of halogens is 1. The fourth-order valence-corrected chi connectivity index (χ4v) is 3.05. The molecule has 0 saturated carbocycles. The van der Waals surface area contributed by atoms with Crippen LogP contribution in [0.15, 0.2) is 48.5 Å². The molecule has 23 heavy (non-hydrogen) atoms. The Labute approximate surface area is 141 Å². The number of nitrogens with zero attached hydrogens (tertiary/aromatic N) is 1. The van der Waals surface area contributed by atoms with Crippen molar-refractivity contribution in [3.05, 3.63) is 59.1 Å². The summed E-state index contributed by atoms with van der Waals surface area (Å²) in [4.78, 5) is 14.8. The number of carbonyl (C=O) groups excluding carboxylic acids is 1. The molecule has 1 aliphatic heterocycles. The van der Waals surface area contributed by atoms with Crippen molar-refractivity contribution in [2.75, 3.05) is 11.4 Å². The topological polar surface area (TPSA) is 29.5 Å². The number of para-hydroxylation sites is 1. The summed E-state index contributed by atoms with van der Waals surface area (Å²) in [5.74, 6) is 0.689. The maximum Gasteiger partial charge on any atom is 0.268 e. The molecule has 0 aliphatic carbocycles. The Kier molecular flexibility index (Phi) is 4.87. The molecule has 0 radical (unpaired) electrons. The molecule has 1 aliphatic rings. The van der Waals surface area contributed by atoms with E-state index >= 15 is 0 Å². The summed E-state index contributed by atoms with van der Waals surface area (Å²) >= 11 is 5.89. The predicted octanol–water partition coefficient (Wildman–Crippen LogP) is 4.48. The van der Waals surface area contributed by atoms with Crippen molar-refractivity contribution in [1.29, 1.82) is 0 Å². The van der Waals surface area contributed by atoms with Gasteiger partial charge in [0.15, 0.2) is 6.10 Å². The van der Waals surface area contributed by atoms with Gasteiger partial charge in [0.2, 0.25) is 0 Å². The summed E-state index contributed by atoms with van der Waals surface area (Å²) in [5, 5.41) is 0.654. The lowest BCUT2D eigenvalue weighted by Crippen LogP contribution is -2.44. The van der Waals surface area contributed by atoms with Gasteiger partial charge in [-0.05, 0) is 55.2 Å². The maximum atomic E-state index is 12.9. The average molecular weight is 330 g/mol. The predicted molar refractivity (Wildman–Crippen MR) is 93.3 cm³/mol. The summed E-state index contributed by atoms with van der Waals surface area (Å²) in [7, 11) is 0. The van der Waals surface area contributed by atoms with Crippen molar-refractivity contribution in [3.8, 4) is 5.75 Å². The molecule has 0 fully saturated rings. The van der Waals surface area contributed by atoms with Crippen LogP contribution in [-0.4, -0.2) is 18.6 Å². The first-order valence-electron chi connectivity index (χ1n) is 8.00. The van der Waals surface area contributed by atoms with Crippen LogP contribution in [0.5, 0.6) is 5.75 Å². The summed E-state index contributed by atoms with van der Waals surface area (Å²) in [6, 6.07) is 15.2. The van der Waals surface area contributed by atoms with Crippen molar-refractivity contribution < 1.29 is 9.53 Å². The zero-order valence-electron chi connectivity index (χ0n) is 13.2. The van der Waals surface area contributed by atoms with Gasteiger partial charge in [-0.1, -0.05) is 36.7 Å². The van der Waals surface area contributed by atoms with E-state index in [9.17, 15) is 4.79 Å². The van der Waals surface area contributed by atoms with Gasteiger partial charge >= 0.3 is 0 Å². The summed E-state index contributed by atoms with van der Waals surface area (Å²) in [6.45, 7) is 2.71. The van der Waals surface area contributed by atoms with E-state index in [1.807, 2.05) is 30.0 Å².